The van der Waals surface area contributed by atoms with Crippen LogP contribution in [0.1, 0.15) is 48.0 Å². The minimum atomic E-state index is -2.86. The second-order valence-electron chi connectivity index (χ2n) is 9.12. The van der Waals surface area contributed by atoms with Gasteiger partial charge in [-0.1, -0.05) is 20.8 Å². The topological polar surface area (TPSA) is 48.0 Å². The average molecular weight is 382 g/mol. The molecule has 0 spiro atoms. The first-order valence-electron chi connectivity index (χ1n) is 8.69. The Kier molecular flexibility index (Phi) is 7.03. The molecule has 0 radical (unpaired) electrons. The van der Waals surface area contributed by atoms with Crippen LogP contribution in [0.5, 0.6) is 0 Å². The molecule has 1 rings (SSSR count). The lowest BCUT2D eigenvalue weighted by Crippen LogP contribution is -2.45. The Morgan fingerprint density at radius 1 is 1.20 bits per heavy atom. The SMILES string of the molecule is CC(C)(C)OC(=O)N1C[C@@H](O[Si](C)(C)C(C)(C)C)C[C@H]1COC(F)F. The first-order chi connectivity index (χ1) is 11.1. The standard InChI is InChI=1S/C17H33F2NO4Si/c1-16(2,3)23-15(21)20-10-13(9-12(20)11-22-14(18)19)24-25(7,8)17(4,5)6/h12-14H,9-11H2,1-8H3/t12-,13-/m0/s1. The molecular weight excluding hydrogens is 348 g/mol. The zero-order chi connectivity index (χ0) is 19.6. The number of hydrogen-bond acceptors (Lipinski definition) is 4. The quantitative estimate of drug-likeness (QED) is 0.652. The van der Waals surface area contributed by atoms with Gasteiger partial charge in [-0.3, -0.25) is 0 Å². The number of halogens is 2. The summed E-state index contributed by atoms with van der Waals surface area (Å²) in [4.78, 5) is 13.9. The smallest absolute Gasteiger partial charge is 0.410 e. The molecule has 148 valence electrons. The first kappa shape index (κ1) is 22.3. The number of ether oxygens (including phenoxy) is 2. The molecular formula is C17H33F2NO4Si. The molecule has 1 aliphatic rings. The summed E-state index contributed by atoms with van der Waals surface area (Å²) in [5.41, 5.74) is -0.649. The van der Waals surface area contributed by atoms with Crippen molar-refractivity contribution in [2.24, 2.45) is 0 Å². The molecule has 0 aliphatic carbocycles. The maximum absolute atomic E-state index is 12.4. The van der Waals surface area contributed by atoms with Crippen LogP contribution in [0.25, 0.3) is 0 Å². The van der Waals surface area contributed by atoms with E-state index in [1.165, 1.54) is 4.90 Å². The second-order valence-corrected chi connectivity index (χ2v) is 13.9. The van der Waals surface area contributed by atoms with E-state index in [2.05, 4.69) is 38.6 Å². The van der Waals surface area contributed by atoms with Gasteiger partial charge in [-0.2, -0.15) is 8.78 Å². The van der Waals surface area contributed by atoms with Crippen LogP contribution in [0.15, 0.2) is 0 Å². The molecule has 0 aromatic heterocycles. The number of likely N-dealkylation sites (tertiary alicyclic amines) is 1. The summed E-state index contributed by atoms with van der Waals surface area (Å²) >= 11 is 0. The van der Waals surface area contributed by atoms with E-state index in [-0.39, 0.29) is 17.7 Å². The number of amides is 1. The highest BCUT2D eigenvalue weighted by atomic mass is 28.4. The van der Waals surface area contributed by atoms with Gasteiger partial charge in [-0.25, -0.2) is 4.79 Å². The average Bonchev–Trinajstić information content (AvgIpc) is 2.75. The van der Waals surface area contributed by atoms with Crippen molar-refractivity contribution in [3.63, 3.8) is 0 Å². The maximum atomic E-state index is 12.4. The van der Waals surface area contributed by atoms with E-state index in [1.54, 1.807) is 20.8 Å². The lowest BCUT2D eigenvalue weighted by Gasteiger charge is -2.38. The Hall–Kier alpha value is -0.733. The van der Waals surface area contributed by atoms with E-state index < -0.39 is 32.7 Å². The van der Waals surface area contributed by atoms with Crippen LogP contribution in [0.2, 0.25) is 18.1 Å². The van der Waals surface area contributed by atoms with Crippen LogP contribution < -0.4 is 0 Å². The van der Waals surface area contributed by atoms with Crippen molar-refractivity contribution < 1.29 is 27.5 Å². The van der Waals surface area contributed by atoms with E-state index in [0.29, 0.717) is 13.0 Å². The molecule has 8 heteroatoms. The molecule has 0 aromatic carbocycles. The number of alkyl halides is 2. The molecule has 5 nitrogen and oxygen atoms in total. The molecule has 0 aromatic rings. The minimum absolute atomic E-state index is 0.0291. The molecule has 0 N–H and O–H groups in total. The number of rotatable bonds is 5. The van der Waals surface area contributed by atoms with Crippen LogP contribution in [0.3, 0.4) is 0 Å². The summed E-state index contributed by atoms with van der Waals surface area (Å²) in [6.45, 7) is 13.2. The molecule has 1 heterocycles. The van der Waals surface area contributed by atoms with Crippen molar-refractivity contribution in [1.82, 2.24) is 4.90 Å². The predicted molar refractivity (Wildman–Crippen MR) is 95.4 cm³/mol. The molecule has 1 amide bonds. The van der Waals surface area contributed by atoms with E-state index in [4.69, 9.17) is 9.16 Å². The Labute approximate surface area is 151 Å². The fourth-order valence-electron chi connectivity index (χ4n) is 2.44. The third-order valence-electron chi connectivity index (χ3n) is 4.69. The molecule has 0 bridgehead atoms. The molecule has 25 heavy (non-hydrogen) atoms. The minimum Gasteiger partial charge on any atom is -0.444 e. The molecule has 0 unspecified atom stereocenters. The van der Waals surface area contributed by atoms with E-state index >= 15 is 0 Å². The molecule has 0 saturated carbocycles. The van der Waals surface area contributed by atoms with Crippen LogP contribution in [-0.4, -0.2) is 56.8 Å². The molecule has 1 fully saturated rings. The van der Waals surface area contributed by atoms with E-state index in [1.807, 2.05) is 0 Å². The van der Waals surface area contributed by atoms with Crippen LogP contribution >= 0.6 is 0 Å². The second kappa shape index (κ2) is 7.88. The van der Waals surface area contributed by atoms with Crippen molar-refractivity contribution in [3.05, 3.63) is 0 Å². The Morgan fingerprint density at radius 3 is 2.20 bits per heavy atom. The van der Waals surface area contributed by atoms with Crippen LogP contribution in [-0.2, 0) is 13.9 Å². The highest BCUT2D eigenvalue weighted by molar-refractivity contribution is 6.74. The van der Waals surface area contributed by atoms with Crippen molar-refractivity contribution in [1.29, 1.82) is 0 Å². The highest BCUT2D eigenvalue weighted by Gasteiger charge is 2.44. The van der Waals surface area contributed by atoms with Gasteiger partial charge < -0.3 is 18.8 Å². The van der Waals surface area contributed by atoms with Crippen molar-refractivity contribution in [2.45, 2.75) is 90.5 Å². The Balaban J connectivity index is 2.84. The maximum Gasteiger partial charge on any atom is 0.410 e. The number of carbonyl (C=O) groups is 1. The highest BCUT2D eigenvalue weighted by Crippen LogP contribution is 2.39. The summed E-state index contributed by atoms with van der Waals surface area (Å²) in [5.74, 6) is 0. The Bertz CT molecular complexity index is 461. The molecule has 1 aliphatic heterocycles. The lowest BCUT2D eigenvalue weighted by molar-refractivity contribution is -0.138. The van der Waals surface area contributed by atoms with Crippen molar-refractivity contribution in [2.75, 3.05) is 13.2 Å². The number of nitrogens with zero attached hydrogens (tertiary/aromatic N) is 1. The third-order valence-corrected chi connectivity index (χ3v) is 9.22. The summed E-state index contributed by atoms with van der Waals surface area (Å²) in [5, 5.41) is 0.0291. The van der Waals surface area contributed by atoms with Crippen LogP contribution in [0, 0.1) is 0 Å². The fourth-order valence-corrected chi connectivity index (χ4v) is 3.80. The summed E-state index contributed by atoms with van der Waals surface area (Å²) in [6, 6.07) is -0.474. The summed E-state index contributed by atoms with van der Waals surface area (Å²) in [6.07, 6.45) is -0.241. The lowest BCUT2D eigenvalue weighted by atomic mass is 10.2. The first-order valence-corrected chi connectivity index (χ1v) is 11.6. The normalized spacial score (nSPS) is 22.6. The van der Waals surface area contributed by atoms with Gasteiger partial charge in [0.05, 0.1) is 18.8 Å². The molecule has 2 atom stereocenters. The van der Waals surface area contributed by atoms with Gasteiger partial charge in [0.15, 0.2) is 8.32 Å². The van der Waals surface area contributed by atoms with Gasteiger partial charge >= 0.3 is 12.7 Å². The van der Waals surface area contributed by atoms with Gasteiger partial charge in [0, 0.05) is 6.54 Å². The third kappa shape index (κ3) is 6.82. The predicted octanol–water partition coefficient (Wildman–Crippen LogP) is 4.63. The number of hydrogen-bond donors (Lipinski definition) is 0. The fraction of sp³-hybridized carbons (Fsp3) is 0.941. The summed E-state index contributed by atoms with van der Waals surface area (Å²) < 4.78 is 41.1. The van der Waals surface area contributed by atoms with E-state index in [0.717, 1.165) is 0 Å². The van der Waals surface area contributed by atoms with Gasteiger partial charge in [0.25, 0.3) is 0 Å². The van der Waals surface area contributed by atoms with Crippen molar-refractivity contribution >= 4 is 14.4 Å². The van der Waals surface area contributed by atoms with Crippen LogP contribution in [0.4, 0.5) is 13.6 Å². The number of carbonyl (C=O) groups excluding carboxylic acids is 1. The van der Waals surface area contributed by atoms with Gasteiger partial charge in [0.2, 0.25) is 0 Å². The summed E-state index contributed by atoms with van der Waals surface area (Å²) in [7, 11) is -2.02. The van der Waals surface area contributed by atoms with Crippen molar-refractivity contribution in [3.8, 4) is 0 Å². The monoisotopic (exact) mass is 381 g/mol. The van der Waals surface area contributed by atoms with Gasteiger partial charge in [0.1, 0.15) is 5.60 Å². The zero-order valence-electron chi connectivity index (χ0n) is 16.7. The largest absolute Gasteiger partial charge is 0.444 e. The zero-order valence-corrected chi connectivity index (χ0v) is 17.7. The van der Waals surface area contributed by atoms with Gasteiger partial charge in [-0.05, 0) is 45.3 Å². The Morgan fingerprint density at radius 2 is 1.76 bits per heavy atom. The van der Waals surface area contributed by atoms with E-state index in [9.17, 15) is 13.6 Å². The molecule has 1 saturated heterocycles. The van der Waals surface area contributed by atoms with Gasteiger partial charge in [-0.15, -0.1) is 0 Å².